The van der Waals surface area contributed by atoms with E-state index in [1.54, 1.807) is 0 Å². The van der Waals surface area contributed by atoms with Crippen molar-refractivity contribution in [1.29, 1.82) is 0 Å². The molecule has 0 bridgehead atoms. The molecule has 1 unspecified atom stereocenters. The quantitative estimate of drug-likeness (QED) is 0.134. The normalized spacial score (nSPS) is 29.9. The largest absolute Gasteiger partial charge is 0.463 e. The minimum absolute atomic E-state index is 0.0399. The van der Waals surface area contributed by atoms with Crippen LogP contribution in [0.1, 0.15) is 55.4 Å². The smallest absolute Gasteiger partial charge is 0.303 e. The maximum atomic E-state index is 12.2. The molecular weight excluding hydrogens is 588 g/mol. The molecule has 2 aliphatic heterocycles. The van der Waals surface area contributed by atoms with E-state index in [2.05, 4.69) is 33.9 Å². The molecule has 0 aromatic heterocycles. The lowest BCUT2D eigenvalue weighted by Gasteiger charge is -2.45. The molecule has 0 aromatic carbocycles. The molecule has 0 aromatic rings. The highest BCUT2D eigenvalue weighted by molar-refractivity contribution is 8.00. The molecule has 42 heavy (non-hydrogen) atoms. The Morgan fingerprint density at radius 2 is 1.38 bits per heavy atom. The van der Waals surface area contributed by atoms with E-state index in [1.165, 1.54) is 39.5 Å². The highest BCUT2D eigenvalue weighted by Gasteiger charge is 2.53. The van der Waals surface area contributed by atoms with E-state index in [0.29, 0.717) is 13.2 Å². The van der Waals surface area contributed by atoms with Crippen LogP contribution in [0.3, 0.4) is 0 Å². The average Bonchev–Trinajstić information content (AvgIpc) is 2.85. The summed E-state index contributed by atoms with van der Waals surface area (Å²) in [5, 5.41) is -0.396. The SMILES string of the molecule is CCO[C@H]1O[C@H](CO[Si](C)(C)C(C)(C)C)C=CC1S[C@@H]1O[C@H](COC(C)=O)[C@@H](OC(C)=O)[C@H](OC(C)=O)[C@H]1OC(C)=O. The van der Waals surface area contributed by atoms with Gasteiger partial charge in [0.2, 0.25) is 0 Å². The highest BCUT2D eigenvalue weighted by atomic mass is 32.2. The van der Waals surface area contributed by atoms with Crippen LogP contribution in [0.25, 0.3) is 0 Å². The predicted octanol–water partition coefficient (Wildman–Crippen LogP) is 3.51. The molecular formula is C28H46O12SSi. The molecule has 0 aliphatic carbocycles. The number of hydrogen-bond donors (Lipinski definition) is 0. The standard InChI is InChI=1S/C28H46O12SSi/c1-11-33-26-22(13-12-20(39-26)14-35-42(9,10)28(6,7)8)41-27-25(38-19(5)32)24(37-18(4)31)23(36-17(3)30)21(40-27)15-34-16(2)29/h12-13,20-27H,11,14-15H2,1-10H3/t20-,21+,22?,23+,24-,25+,26-,27-/m0/s1. The maximum absolute atomic E-state index is 12.2. The van der Waals surface area contributed by atoms with Crippen LogP contribution >= 0.6 is 11.8 Å². The summed E-state index contributed by atoms with van der Waals surface area (Å²) in [5.41, 5.74) is -0.952. The van der Waals surface area contributed by atoms with E-state index >= 15 is 0 Å². The second kappa shape index (κ2) is 15.7. The predicted molar refractivity (Wildman–Crippen MR) is 156 cm³/mol. The Morgan fingerprint density at radius 3 is 1.90 bits per heavy atom. The van der Waals surface area contributed by atoms with Gasteiger partial charge in [-0.15, -0.1) is 11.8 Å². The fraction of sp³-hybridized carbons (Fsp3) is 0.786. The zero-order chi connectivity index (χ0) is 31.8. The van der Waals surface area contributed by atoms with Gasteiger partial charge in [-0.25, -0.2) is 0 Å². The minimum atomic E-state index is -2.01. The van der Waals surface area contributed by atoms with E-state index in [-0.39, 0.29) is 17.7 Å². The molecule has 0 radical (unpaired) electrons. The molecule has 0 spiro atoms. The van der Waals surface area contributed by atoms with E-state index < -0.39 is 73.6 Å². The number of carbonyl (C=O) groups is 4. The van der Waals surface area contributed by atoms with E-state index in [9.17, 15) is 19.2 Å². The second-order valence-electron chi connectivity index (χ2n) is 11.6. The van der Waals surface area contributed by atoms with Crippen molar-refractivity contribution < 1.29 is 56.8 Å². The van der Waals surface area contributed by atoms with Crippen molar-refractivity contribution in [3.63, 3.8) is 0 Å². The fourth-order valence-electron chi connectivity index (χ4n) is 4.08. The first-order chi connectivity index (χ1) is 19.4. The van der Waals surface area contributed by atoms with Gasteiger partial charge in [-0.3, -0.25) is 19.2 Å². The van der Waals surface area contributed by atoms with Crippen molar-refractivity contribution in [2.45, 2.75) is 121 Å². The van der Waals surface area contributed by atoms with Gasteiger partial charge in [0.25, 0.3) is 0 Å². The van der Waals surface area contributed by atoms with E-state index in [1.807, 2.05) is 19.1 Å². The Balaban J connectivity index is 2.37. The fourth-order valence-corrected chi connectivity index (χ4v) is 6.43. The van der Waals surface area contributed by atoms with Crippen LogP contribution in [0, 0.1) is 0 Å². The zero-order valence-electron chi connectivity index (χ0n) is 26.2. The molecule has 0 N–H and O–H groups in total. The number of esters is 4. The van der Waals surface area contributed by atoms with Gasteiger partial charge in [0.1, 0.15) is 24.3 Å². The Kier molecular flexibility index (Phi) is 13.5. The summed E-state index contributed by atoms with van der Waals surface area (Å²) < 4.78 is 46.5. The summed E-state index contributed by atoms with van der Waals surface area (Å²) in [4.78, 5) is 47.9. The monoisotopic (exact) mass is 634 g/mol. The van der Waals surface area contributed by atoms with Gasteiger partial charge in [-0.2, -0.15) is 0 Å². The molecule has 14 heteroatoms. The lowest BCUT2D eigenvalue weighted by Crippen LogP contribution is -2.62. The summed E-state index contributed by atoms with van der Waals surface area (Å²) in [6, 6.07) is 0. The number of hydrogen-bond acceptors (Lipinski definition) is 13. The van der Waals surface area contributed by atoms with Crippen LogP contribution in [0.2, 0.25) is 18.1 Å². The summed E-state index contributed by atoms with van der Waals surface area (Å²) >= 11 is 1.22. The molecule has 2 aliphatic rings. The second-order valence-corrected chi connectivity index (χ2v) is 17.7. The first kappa shape index (κ1) is 36.2. The van der Waals surface area contributed by atoms with Crippen LogP contribution in [-0.2, 0) is 56.8 Å². The third-order valence-corrected chi connectivity index (χ3v) is 12.9. The van der Waals surface area contributed by atoms with Crippen LogP contribution in [-0.4, -0.2) is 99.5 Å². The third-order valence-electron chi connectivity index (χ3n) is 7.08. The van der Waals surface area contributed by atoms with Crippen molar-refractivity contribution in [2.75, 3.05) is 19.8 Å². The molecule has 240 valence electrons. The van der Waals surface area contributed by atoms with Gasteiger partial charge in [0.15, 0.2) is 32.9 Å². The van der Waals surface area contributed by atoms with Gasteiger partial charge in [0.05, 0.1) is 11.9 Å². The van der Waals surface area contributed by atoms with E-state index in [4.69, 9.17) is 37.6 Å². The van der Waals surface area contributed by atoms with Crippen molar-refractivity contribution in [3.8, 4) is 0 Å². The van der Waals surface area contributed by atoms with Gasteiger partial charge >= 0.3 is 23.9 Å². The van der Waals surface area contributed by atoms with Gasteiger partial charge in [-0.1, -0.05) is 32.9 Å². The van der Waals surface area contributed by atoms with Crippen molar-refractivity contribution in [3.05, 3.63) is 12.2 Å². The van der Waals surface area contributed by atoms with Gasteiger partial charge in [0, 0.05) is 34.3 Å². The lowest BCUT2D eigenvalue weighted by molar-refractivity contribution is -0.237. The topological polar surface area (TPSA) is 142 Å². The Bertz CT molecular complexity index is 980. The van der Waals surface area contributed by atoms with Crippen LogP contribution in [0.4, 0.5) is 0 Å². The number of ether oxygens (including phenoxy) is 7. The third kappa shape index (κ3) is 10.6. The minimum Gasteiger partial charge on any atom is -0.463 e. The molecule has 2 heterocycles. The molecule has 8 atom stereocenters. The van der Waals surface area contributed by atoms with Gasteiger partial charge < -0.3 is 37.6 Å². The summed E-state index contributed by atoms with van der Waals surface area (Å²) in [6.07, 6.45) is -1.90. The number of rotatable bonds is 12. The van der Waals surface area contributed by atoms with Crippen molar-refractivity contribution in [2.24, 2.45) is 0 Å². The first-order valence-electron chi connectivity index (χ1n) is 14.0. The Labute approximate surface area is 253 Å². The van der Waals surface area contributed by atoms with Crippen LogP contribution in [0.15, 0.2) is 12.2 Å². The molecule has 0 amide bonds. The maximum Gasteiger partial charge on any atom is 0.303 e. The Morgan fingerprint density at radius 1 is 0.810 bits per heavy atom. The summed E-state index contributed by atoms with van der Waals surface area (Å²) in [7, 11) is -2.01. The van der Waals surface area contributed by atoms with Gasteiger partial charge in [-0.05, 0) is 25.1 Å². The first-order valence-corrected chi connectivity index (χ1v) is 17.9. The van der Waals surface area contributed by atoms with Crippen molar-refractivity contribution in [1.82, 2.24) is 0 Å². The van der Waals surface area contributed by atoms with Crippen LogP contribution in [0.5, 0.6) is 0 Å². The molecule has 12 nitrogen and oxygen atoms in total. The van der Waals surface area contributed by atoms with Crippen LogP contribution < -0.4 is 0 Å². The lowest BCUT2D eigenvalue weighted by atomic mass is 9.99. The zero-order valence-corrected chi connectivity index (χ0v) is 28.0. The number of carbonyl (C=O) groups excluding carboxylic acids is 4. The molecule has 2 rings (SSSR count). The Hall–Kier alpha value is -1.97. The molecule has 1 saturated heterocycles. The number of thioether (sulfide) groups is 1. The highest BCUT2D eigenvalue weighted by Crippen LogP contribution is 2.40. The van der Waals surface area contributed by atoms with Crippen molar-refractivity contribution >= 4 is 44.0 Å². The summed E-state index contributed by atoms with van der Waals surface area (Å²) in [5.74, 6) is -2.62. The van der Waals surface area contributed by atoms with E-state index in [0.717, 1.165) is 0 Å². The average molecular weight is 635 g/mol. The molecule has 1 fully saturated rings. The summed E-state index contributed by atoms with van der Waals surface area (Å²) in [6.45, 7) is 17.9. The molecule has 0 saturated carbocycles.